The van der Waals surface area contributed by atoms with Gasteiger partial charge in [0, 0.05) is 12.6 Å². The SMILES string of the molecule is CCc1ccc(OCC(=O)N(CCC(=O)O)C2CC2)cc1. The van der Waals surface area contributed by atoms with Crippen LogP contribution in [0, 0.1) is 0 Å². The van der Waals surface area contributed by atoms with Gasteiger partial charge in [-0.3, -0.25) is 9.59 Å². The normalized spacial score (nSPS) is 13.8. The Bertz CT molecular complexity index is 494. The molecular weight excluding hydrogens is 270 g/mol. The highest BCUT2D eigenvalue weighted by atomic mass is 16.5. The van der Waals surface area contributed by atoms with Crippen LogP contribution in [0.25, 0.3) is 0 Å². The molecule has 1 aromatic carbocycles. The van der Waals surface area contributed by atoms with Gasteiger partial charge >= 0.3 is 5.97 Å². The Labute approximate surface area is 124 Å². The molecule has 1 amide bonds. The number of ether oxygens (including phenoxy) is 1. The minimum atomic E-state index is -0.885. The Morgan fingerprint density at radius 1 is 1.29 bits per heavy atom. The van der Waals surface area contributed by atoms with Crippen LogP contribution in [0.3, 0.4) is 0 Å². The highest BCUT2D eigenvalue weighted by molar-refractivity contribution is 5.79. The largest absolute Gasteiger partial charge is 0.484 e. The molecule has 0 aliphatic heterocycles. The number of hydrogen-bond acceptors (Lipinski definition) is 3. The third-order valence-corrected chi connectivity index (χ3v) is 3.57. The molecule has 5 nitrogen and oxygen atoms in total. The smallest absolute Gasteiger partial charge is 0.305 e. The number of benzene rings is 1. The van der Waals surface area contributed by atoms with Crippen molar-refractivity contribution in [2.45, 2.75) is 38.6 Å². The monoisotopic (exact) mass is 291 g/mol. The highest BCUT2D eigenvalue weighted by Crippen LogP contribution is 2.27. The van der Waals surface area contributed by atoms with Crippen molar-refractivity contribution in [1.82, 2.24) is 4.90 Å². The maximum absolute atomic E-state index is 12.1. The van der Waals surface area contributed by atoms with E-state index in [-0.39, 0.29) is 31.5 Å². The molecule has 1 fully saturated rings. The zero-order valence-corrected chi connectivity index (χ0v) is 12.2. The summed E-state index contributed by atoms with van der Waals surface area (Å²) >= 11 is 0. The lowest BCUT2D eigenvalue weighted by molar-refractivity contribution is -0.139. The first-order chi connectivity index (χ1) is 10.1. The van der Waals surface area contributed by atoms with Gasteiger partial charge in [0.2, 0.25) is 0 Å². The van der Waals surface area contributed by atoms with E-state index in [1.807, 2.05) is 24.3 Å². The second kappa shape index (κ2) is 7.11. The van der Waals surface area contributed by atoms with E-state index in [1.54, 1.807) is 4.90 Å². The molecule has 0 atom stereocenters. The van der Waals surface area contributed by atoms with E-state index >= 15 is 0 Å². The Morgan fingerprint density at radius 3 is 2.48 bits per heavy atom. The van der Waals surface area contributed by atoms with Crippen LogP contribution >= 0.6 is 0 Å². The van der Waals surface area contributed by atoms with Crippen molar-refractivity contribution in [1.29, 1.82) is 0 Å². The second-order valence-corrected chi connectivity index (χ2v) is 5.25. The number of aryl methyl sites for hydroxylation is 1. The predicted molar refractivity (Wildman–Crippen MR) is 78.3 cm³/mol. The van der Waals surface area contributed by atoms with Crippen molar-refractivity contribution >= 4 is 11.9 Å². The van der Waals surface area contributed by atoms with E-state index in [2.05, 4.69) is 6.92 Å². The van der Waals surface area contributed by atoms with Gasteiger partial charge in [-0.25, -0.2) is 0 Å². The number of carboxylic acids is 1. The summed E-state index contributed by atoms with van der Waals surface area (Å²) in [6.07, 6.45) is 2.85. The molecule has 0 spiro atoms. The topological polar surface area (TPSA) is 66.8 Å². The molecule has 0 heterocycles. The third kappa shape index (κ3) is 4.77. The number of hydrogen-bond donors (Lipinski definition) is 1. The summed E-state index contributed by atoms with van der Waals surface area (Å²) < 4.78 is 5.49. The fourth-order valence-electron chi connectivity index (χ4n) is 2.16. The Kier molecular flexibility index (Phi) is 5.20. The highest BCUT2D eigenvalue weighted by Gasteiger charge is 2.32. The van der Waals surface area contributed by atoms with Crippen LogP contribution in [-0.2, 0) is 16.0 Å². The number of amides is 1. The van der Waals surface area contributed by atoms with Gasteiger partial charge in [-0.2, -0.15) is 0 Å². The minimum Gasteiger partial charge on any atom is -0.484 e. The van der Waals surface area contributed by atoms with Crippen LogP contribution in [-0.4, -0.2) is 41.1 Å². The van der Waals surface area contributed by atoms with E-state index in [0.717, 1.165) is 19.3 Å². The zero-order chi connectivity index (χ0) is 15.2. The van der Waals surface area contributed by atoms with Gasteiger partial charge in [0.1, 0.15) is 5.75 Å². The molecule has 1 saturated carbocycles. The standard InChI is InChI=1S/C16H21NO4/c1-2-12-3-7-14(8-4-12)21-11-15(18)17(13-5-6-13)10-9-16(19)20/h3-4,7-8,13H,2,5-6,9-11H2,1H3,(H,19,20). The Morgan fingerprint density at radius 2 is 1.95 bits per heavy atom. The summed E-state index contributed by atoms with van der Waals surface area (Å²) in [6.45, 7) is 2.30. The molecule has 0 unspecified atom stereocenters. The van der Waals surface area contributed by atoms with Crippen LogP contribution in [0.4, 0.5) is 0 Å². The molecule has 0 bridgehead atoms. The summed E-state index contributed by atoms with van der Waals surface area (Å²) in [5, 5.41) is 8.73. The number of nitrogens with zero attached hydrogens (tertiary/aromatic N) is 1. The molecular formula is C16H21NO4. The molecule has 0 saturated heterocycles. The van der Waals surface area contributed by atoms with Gasteiger partial charge in [-0.15, -0.1) is 0 Å². The van der Waals surface area contributed by atoms with E-state index < -0.39 is 5.97 Å². The van der Waals surface area contributed by atoms with Crippen molar-refractivity contribution in [2.24, 2.45) is 0 Å². The molecule has 0 radical (unpaired) electrons. The van der Waals surface area contributed by atoms with Crippen LogP contribution < -0.4 is 4.74 Å². The second-order valence-electron chi connectivity index (χ2n) is 5.25. The maximum atomic E-state index is 12.1. The fourth-order valence-corrected chi connectivity index (χ4v) is 2.16. The number of carbonyl (C=O) groups is 2. The average Bonchev–Trinajstić information content (AvgIpc) is 3.30. The Hall–Kier alpha value is -2.04. The van der Waals surface area contributed by atoms with Crippen LogP contribution in [0.1, 0.15) is 31.7 Å². The van der Waals surface area contributed by atoms with Crippen LogP contribution in [0.15, 0.2) is 24.3 Å². The first-order valence-corrected chi connectivity index (χ1v) is 7.33. The fraction of sp³-hybridized carbons (Fsp3) is 0.500. The van der Waals surface area contributed by atoms with Gasteiger partial charge < -0.3 is 14.7 Å². The first kappa shape index (κ1) is 15.4. The van der Waals surface area contributed by atoms with Crippen molar-refractivity contribution in [3.63, 3.8) is 0 Å². The summed E-state index contributed by atoms with van der Waals surface area (Å²) in [5.74, 6) is -0.364. The molecule has 21 heavy (non-hydrogen) atoms. The molecule has 1 aromatic rings. The molecule has 1 aliphatic carbocycles. The lowest BCUT2D eigenvalue weighted by Gasteiger charge is -2.21. The summed E-state index contributed by atoms with van der Waals surface area (Å²) in [4.78, 5) is 24.4. The number of aliphatic carboxylic acids is 1. The zero-order valence-electron chi connectivity index (χ0n) is 12.2. The minimum absolute atomic E-state index is 0.0204. The molecule has 114 valence electrons. The van der Waals surface area contributed by atoms with E-state index in [9.17, 15) is 9.59 Å². The van der Waals surface area contributed by atoms with Gasteiger partial charge in [-0.1, -0.05) is 19.1 Å². The molecule has 2 rings (SSSR count). The lowest BCUT2D eigenvalue weighted by atomic mass is 10.2. The number of carboxylic acid groups (broad SMARTS) is 1. The molecule has 1 aliphatic rings. The van der Waals surface area contributed by atoms with Gasteiger partial charge in [0.25, 0.3) is 5.91 Å². The Balaban J connectivity index is 1.84. The molecule has 5 heteroatoms. The van der Waals surface area contributed by atoms with Crippen LogP contribution in [0.5, 0.6) is 5.75 Å². The summed E-state index contributed by atoms with van der Waals surface area (Å²) in [6, 6.07) is 7.85. The van der Waals surface area contributed by atoms with Gasteiger partial charge in [0.15, 0.2) is 6.61 Å². The van der Waals surface area contributed by atoms with Crippen molar-refractivity contribution < 1.29 is 19.4 Å². The third-order valence-electron chi connectivity index (χ3n) is 3.57. The first-order valence-electron chi connectivity index (χ1n) is 7.33. The number of carbonyl (C=O) groups excluding carboxylic acids is 1. The van der Waals surface area contributed by atoms with E-state index in [4.69, 9.17) is 9.84 Å². The summed E-state index contributed by atoms with van der Waals surface area (Å²) in [7, 11) is 0. The van der Waals surface area contributed by atoms with Crippen molar-refractivity contribution in [3.8, 4) is 5.75 Å². The van der Waals surface area contributed by atoms with E-state index in [0.29, 0.717) is 5.75 Å². The van der Waals surface area contributed by atoms with Gasteiger partial charge in [-0.05, 0) is 37.0 Å². The molecule has 1 N–H and O–H groups in total. The van der Waals surface area contributed by atoms with Crippen LogP contribution in [0.2, 0.25) is 0 Å². The lowest BCUT2D eigenvalue weighted by Crippen LogP contribution is -2.38. The number of rotatable bonds is 8. The van der Waals surface area contributed by atoms with Gasteiger partial charge in [0.05, 0.1) is 6.42 Å². The summed E-state index contributed by atoms with van der Waals surface area (Å²) in [5.41, 5.74) is 1.22. The molecule has 0 aromatic heterocycles. The quantitative estimate of drug-likeness (QED) is 0.796. The average molecular weight is 291 g/mol. The van der Waals surface area contributed by atoms with E-state index in [1.165, 1.54) is 5.56 Å². The van der Waals surface area contributed by atoms with Crippen molar-refractivity contribution in [3.05, 3.63) is 29.8 Å². The predicted octanol–water partition coefficient (Wildman–Crippen LogP) is 2.09. The maximum Gasteiger partial charge on any atom is 0.305 e. The van der Waals surface area contributed by atoms with Crippen molar-refractivity contribution in [2.75, 3.05) is 13.2 Å².